The number of carbonyl (C=O) groups is 2. The van der Waals surface area contributed by atoms with E-state index in [1.54, 1.807) is 17.0 Å². The van der Waals surface area contributed by atoms with Gasteiger partial charge in [-0.15, -0.1) is 0 Å². The summed E-state index contributed by atoms with van der Waals surface area (Å²) in [4.78, 5) is 30.4. The quantitative estimate of drug-likeness (QED) is 0.730. The normalized spacial score (nSPS) is 14.8. The van der Waals surface area contributed by atoms with Crippen LogP contribution in [0.4, 0.5) is 0 Å². The number of benzene rings is 1. The van der Waals surface area contributed by atoms with Gasteiger partial charge in [-0.25, -0.2) is 0 Å². The maximum atomic E-state index is 12.3. The van der Waals surface area contributed by atoms with E-state index in [-0.39, 0.29) is 24.1 Å². The molecule has 0 aliphatic carbocycles. The largest absolute Gasteiger partial charge is 0.459 e. The lowest BCUT2D eigenvalue weighted by molar-refractivity contribution is -0.131. The zero-order valence-corrected chi connectivity index (χ0v) is 15.2. The number of likely N-dealkylation sites (tertiary alicyclic amines) is 1. The van der Waals surface area contributed by atoms with E-state index in [4.69, 9.17) is 8.94 Å². The van der Waals surface area contributed by atoms with Gasteiger partial charge < -0.3 is 19.2 Å². The lowest BCUT2D eigenvalue weighted by Gasteiger charge is -2.30. The first kappa shape index (κ1) is 18.0. The predicted molar refractivity (Wildman–Crippen MR) is 99.3 cm³/mol. The number of nitrogens with zero attached hydrogens (tertiary/aromatic N) is 3. The van der Waals surface area contributed by atoms with Gasteiger partial charge in [-0.1, -0.05) is 23.4 Å². The number of hydrogen-bond donors (Lipinski definition) is 1. The molecule has 8 heteroatoms. The van der Waals surface area contributed by atoms with E-state index in [1.807, 2.05) is 30.3 Å². The van der Waals surface area contributed by atoms with Crippen LogP contribution >= 0.6 is 0 Å². The summed E-state index contributed by atoms with van der Waals surface area (Å²) in [5, 5.41) is 6.70. The standard InChI is InChI=1S/C20H20N4O4/c25-17(13-21-19(26)16-7-4-12-27-16)24-10-8-14(9-11-24)18-22-20(28-23-18)15-5-2-1-3-6-15/h1-7,12,14H,8-11,13H2,(H,21,26). The second-order valence-corrected chi connectivity index (χ2v) is 6.64. The molecule has 0 saturated carbocycles. The van der Waals surface area contributed by atoms with Gasteiger partial charge in [-0.2, -0.15) is 4.98 Å². The third-order valence-electron chi connectivity index (χ3n) is 4.82. The van der Waals surface area contributed by atoms with Crippen molar-refractivity contribution in [2.45, 2.75) is 18.8 Å². The fourth-order valence-corrected chi connectivity index (χ4v) is 3.25. The van der Waals surface area contributed by atoms with Crippen LogP contribution in [0, 0.1) is 0 Å². The topological polar surface area (TPSA) is 101 Å². The maximum Gasteiger partial charge on any atom is 0.287 e. The van der Waals surface area contributed by atoms with Crippen molar-refractivity contribution in [3.05, 3.63) is 60.3 Å². The highest BCUT2D eigenvalue weighted by Gasteiger charge is 2.27. The molecule has 0 bridgehead atoms. The molecule has 2 amide bonds. The van der Waals surface area contributed by atoms with Crippen LogP contribution in [-0.2, 0) is 4.79 Å². The van der Waals surface area contributed by atoms with Crippen LogP contribution in [0.15, 0.2) is 57.7 Å². The molecular weight excluding hydrogens is 360 g/mol. The Morgan fingerprint density at radius 1 is 1.11 bits per heavy atom. The molecule has 0 atom stereocenters. The van der Waals surface area contributed by atoms with E-state index in [0.29, 0.717) is 24.8 Å². The Kier molecular flexibility index (Phi) is 5.18. The fraction of sp³-hybridized carbons (Fsp3) is 0.300. The molecule has 8 nitrogen and oxygen atoms in total. The van der Waals surface area contributed by atoms with Gasteiger partial charge in [-0.3, -0.25) is 9.59 Å². The number of amides is 2. The van der Waals surface area contributed by atoms with Crippen LogP contribution in [0.3, 0.4) is 0 Å². The van der Waals surface area contributed by atoms with E-state index in [2.05, 4.69) is 15.5 Å². The number of hydrogen-bond acceptors (Lipinski definition) is 6. The molecule has 0 unspecified atom stereocenters. The van der Waals surface area contributed by atoms with Crippen LogP contribution < -0.4 is 5.32 Å². The molecule has 1 saturated heterocycles. The molecule has 3 heterocycles. The Labute approximate surface area is 161 Å². The van der Waals surface area contributed by atoms with E-state index in [9.17, 15) is 9.59 Å². The molecule has 0 radical (unpaired) electrons. The van der Waals surface area contributed by atoms with Crippen LogP contribution in [-0.4, -0.2) is 46.5 Å². The van der Waals surface area contributed by atoms with Gasteiger partial charge in [0, 0.05) is 24.6 Å². The predicted octanol–water partition coefficient (Wildman–Crippen LogP) is 2.47. The summed E-state index contributed by atoms with van der Waals surface area (Å²) < 4.78 is 10.4. The highest BCUT2D eigenvalue weighted by molar-refractivity contribution is 5.94. The van der Waals surface area contributed by atoms with Crippen molar-refractivity contribution >= 4 is 11.8 Å². The Hall–Kier alpha value is -3.42. The van der Waals surface area contributed by atoms with E-state index in [0.717, 1.165) is 18.4 Å². The molecule has 2 aromatic heterocycles. The lowest BCUT2D eigenvalue weighted by Crippen LogP contribution is -2.43. The Morgan fingerprint density at radius 3 is 2.61 bits per heavy atom. The van der Waals surface area contributed by atoms with E-state index in [1.165, 1.54) is 6.26 Å². The summed E-state index contributed by atoms with van der Waals surface area (Å²) >= 11 is 0. The van der Waals surface area contributed by atoms with Crippen molar-refractivity contribution in [3.63, 3.8) is 0 Å². The SMILES string of the molecule is O=C(NCC(=O)N1CCC(c2noc(-c3ccccc3)n2)CC1)c1ccco1. The first-order chi connectivity index (χ1) is 13.7. The van der Waals surface area contributed by atoms with Crippen LogP contribution in [0.5, 0.6) is 0 Å². The molecule has 28 heavy (non-hydrogen) atoms. The first-order valence-corrected chi connectivity index (χ1v) is 9.19. The molecule has 1 aliphatic rings. The highest BCUT2D eigenvalue weighted by Crippen LogP contribution is 2.28. The Morgan fingerprint density at radius 2 is 1.89 bits per heavy atom. The molecular formula is C20H20N4O4. The molecule has 1 N–H and O–H groups in total. The van der Waals surface area contributed by atoms with Crippen molar-refractivity contribution in [2.24, 2.45) is 0 Å². The zero-order chi connectivity index (χ0) is 19.3. The summed E-state index contributed by atoms with van der Waals surface area (Å²) in [6.07, 6.45) is 2.93. The molecule has 3 aromatic rings. The minimum Gasteiger partial charge on any atom is -0.459 e. The average molecular weight is 380 g/mol. The van der Waals surface area contributed by atoms with Crippen molar-refractivity contribution in [1.29, 1.82) is 0 Å². The number of piperidine rings is 1. The lowest BCUT2D eigenvalue weighted by atomic mass is 9.96. The summed E-state index contributed by atoms with van der Waals surface area (Å²) in [6, 6.07) is 12.8. The summed E-state index contributed by atoms with van der Waals surface area (Å²) in [5.41, 5.74) is 0.890. The summed E-state index contributed by atoms with van der Waals surface area (Å²) in [6.45, 7) is 1.13. The van der Waals surface area contributed by atoms with Crippen molar-refractivity contribution in [2.75, 3.05) is 19.6 Å². The van der Waals surface area contributed by atoms with Gasteiger partial charge in [0.2, 0.25) is 5.91 Å². The number of furan rings is 1. The minimum atomic E-state index is -0.395. The van der Waals surface area contributed by atoms with E-state index >= 15 is 0 Å². The van der Waals surface area contributed by atoms with Gasteiger partial charge in [-0.05, 0) is 37.1 Å². The Balaban J connectivity index is 1.28. The highest BCUT2D eigenvalue weighted by atomic mass is 16.5. The van der Waals surface area contributed by atoms with Gasteiger partial charge in [0.05, 0.1) is 12.8 Å². The molecule has 144 valence electrons. The van der Waals surface area contributed by atoms with Crippen LogP contribution in [0.1, 0.15) is 35.1 Å². The monoisotopic (exact) mass is 380 g/mol. The summed E-state index contributed by atoms with van der Waals surface area (Å²) in [5.74, 6) is 1.03. The number of rotatable bonds is 5. The third-order valence-corrected chi connectivity index (χ3v) is 4.82. The molecule has 1 aromatic carbocycles. The van der Waals surface area contributed by atoms with Crippen molar-refractivity contribution < 1.29 is 18.5 Å². The first-order valence-electron chi connectivity index (χ1n) is 9.19. The van der Waals surface area contributed by atoms with Crippen LogP contribution in [0.2, 0.25) is 0 Å². The molecule has 1 fully saturated rings. The van der Waals surface area contributed by atoms with Gasteiger partial charge in [0.25, 0.3) is 11.8 Å². The third kappa shape index (κ3) is 3.95. The average Bonchev–Trinajstić information content (AvgIpc) is 3.45. The number of nitrogens with one attached hydrogen (secondary N) is 1. The molecule has 0 spiro atoms. The van der Waals surface area contributed by atoms with Crippen molar-refractivity contribution in [3.8, 4) is 11.5 Å². The maximum absolute atomic E-state index is 12.3. The van der Waals surface area contributed by atoms with E-state index < -0.39 is 5.91 Å². The van der Waals surface area contributed by atoms with Gasteiger partial charge >= 0.3 is 0 Å². The van der Waals surface area contributed by atoms with Crippen molar-refractivity contribution in [1.82, 2.24) is 20.4 Å². The smallest absolute Gasteiger partial charge is 0.287 e. The van der Waals surface area contributed by atoms with Crippen LogP contribution in [0.25, 0.3) is 11.5 Å². The second-order valence-electron chi connectivity index (χ2n) is 6.64. The fourth-order valence-electron chi connectivity index (χ4n) is 3.25. The molecule has 4 rings (SSSR count). The summed E-state index contributed by atoms with van der Waals surface area (Å²) in [7, 11) is 0. The second kappa shape index (κ2) is 8.08. The minimum absolute atomic E-state index is 0.0510. The zero-order valence-electron chi connectivity index (χ0n) is 15.2. The molecule has 1 aliphatic heterocycles. The Bertz CT molecular complexity index is 928. The van der Waals surface area contributed by atoms with Gasteiger partial charge in [0.15, 0.2) is 11.6 Å². The number of carbonyl (C=O) groups excluding carboxylic acids is 2. The number of aromatic nitrogens is 2. The van der Waals surface area contributed by atoms with Gasteiger partial charge in [0.1, 0.15) is 0 Å².